The molecule has 0 atom stereocenters. The molecule has 21 heavy (non-hydrogen) atoms. The molecule has 0 saturated heterocycles. The Bertz CT molecular complexity index is 460. The van der Waals surface area contributed by atoms with Crippen LogP contribution in [0, 0.1) is 0 Å². The smallest absolute Gasteiger partial charge is 0.255 e. The number of halogens is 2. The van der Waals surface area contributed by atoms with Gasteiger partial charge < -0.3 is 25.6 Å². The van der Waals surface area contributed by atoms with Gasteiger partial charge in [0.05, 0.1) is 17.7 Å². The summed E-state index contributed by atoms with van der Waals surface area (Å²) in [5, 5.41) is 11.8. The normalized spacial score (nSPS) is 9.86. The Kier molecular flexibility index (Phi) is 10.2. The first-order valence-corrected chi connectivity index (χ1v) is 7.05. The van der Waals surface area contributed by atoms with Crippen LogP contribution in [0.3, 0.4) is 0 Å². The Morgan fingerprint density at radius 3 is 2.71 bits per heavy atom. The van der Waals surface area contributed by atoms with Crippen LogP contribution >= 0.6 is 28.3 Å². The Morgan fingerprint density at radius 1 is 1.43 bits per heavy atom. The van der Waals surface area contributed by atoms with Gasteiger partial charge in [0.25, 0.3) is 5.91 Å². The third-order valence-corrected chi connectivity index (χ3v) is 2.93. The minimum atomic E-state index is -0.548. The van der Waals surface area contributed by atoms with E-state index in [0.29, 0.717) is 35.7 Å². The molecule has 0 radical (unpaired) electrons. The number of rotatable bonds is 9. The summed E-state index contributed by atoms with van der Waals surface area (Å²) in [7, 11) is 0. The highest BCUT2D eigenvalue weighted by Gasteiger charge is 2.13. The van der Waals surface area contributed by atoms with Crippen molar-refractivity contribution in [3.63, 3.8) is 0 Å². The standard InChI is InChI=1S/C13H19BrN2O4.ClH/c1-2-19-11-6-9(7-16-3-4-17)5-10(14)13(11)20-8-12(15)18;/h5-6,16-17H,2-4,7-8H2,1H3,(H2,15,18);1H. The van der Waals surface area contributed by atoms with Gasteiger partial charge in [-0.1, -0.05) is 0 Å². The summed E-state index contributed by atoms with van der Waals surface area (Å²) < 4.78 is 11.6. The summed E-state index contributed by atoms with van der Waals surface area (Å²) in [5.41, 5.74) is 6.04. The van der Waals surface area contributed by atoms with Gasteiger partial charge in [0.1, 0.15) is 0 Å². The number of hydrogen-bond donors (Lipinski definition) is 3. The van der Waals surface area contributed by atoms with Crippen molar-refractivity contribution in [2.24, 2.45) is 5.73 Å². The average molecular weight is 384 g/mol. The summed E-state index contributed by atoms with van der Waals surface area (Å²) >= 11 is 3.39. The molecule has 0 heterocycles. The Balaban J connectivity index is 0.00000400. The molecule has 1 rings (SSSR count). The lowest BCUT2D eigenvalue weighted by Crippen LogP contribution is -2.20. The summed E-state index contributed by atoms with van der Waals surface area (Å²) in [6.45, 7) is 3.33. The summed E-state index contributed by atoms with van der Waals surface area (Å²) in [4.78, 5) is 10.8. The van der Waals surface area contributed by atoms with E-state index < -0.39 is 5.91 Å². The fraction of sp³-hybridized carbons (Fsp3) is 0.462. The number of primary amides is 1. The molecular weight excluding hydrogens is 364 g/mol. The van der Waals surface area contributed by atoms with Crippen molar-refractivity contribution in [1.29, 1.82) is 0 Å². The molecule has 4 N–H and O–H groups in total. The van der Waals surface area contributed by atoms with Gasteiger partial charge in [-0.25, -0.2) is 0 Å². The van der Waals surface area contributed by atoms with Crippen molar-refractivity contribution in [2.75, 3.05) is 26.4 Å². The predicted molar refractivity (Wildman–Crippen MR) is 86.0 cm³/mol. The van der Waals surface area contributed by atoms with Crippen molar-refractivity contribution >= 4 is 34.2 Å². The van der Waals surface area contributed by atoms with Crippen LogP contribution in [-0.2, 0) is 11.3 Å². The Hall–Kier alpha value is -1.02. The Morgan fingerprint density at radius 2 is 2.14 bits per heavy atom. The predicted octanol–water partition coefficient (Wildman–Crippen LogP) is 1.22. The fourth-order valence-electron chi connectivity index (χ4n) is 1.58. The molecular formula is C13H20BrClN2O4. The minimum absolute atomic E-state index is 0. The zero-order chi connectivity index (χ0) is 15.0. The lowest BCUT2D eigenvalue weighted by molar-refractivity contribution is -0.119. The number of benzene rings is 1. The third-order valence-electron chi connectivity index (χ3n) is 2.35. The van der Waals surface area contributed by atoms with Crippen molar-refractivity contribution in [1.82, 2.24) is 5.32 Å². The quantitative estimate of drug-likeness (QED) is 0.557. The van der Waals surface area contributed by atoms with Crippen LogP contribution < -0.4 is 20.5 Å². The van der Waals surface area contributed by atoms with E-state index in [1.807, 2.05) is 19.1 Å². The molecule has 0 bridgehead atoms. The van der Waals surface area contributed by atoms with Crippen LogP contribution in [0.2, 0.25) is 0 Å². The van der Waals surface area contributed by atoms with E-state index in [9.17, 15) is 4.79 Å². The second-order valence-electron chi connectivity index (χ2n) is 3.99. The number of aliphatic hydroxyl groups is 1. The number of aliphatic hydroxyl groups excluding tert-OH is 1. The molecule has 1 amide bonds. The number of nitrogens with one attached hydrogen (secondary N) is 1. The molecule has 0 aromatic heterocycles. The topological polar surface area (TPSA) is 93.8 Å². The number of amides is 1. The summed E-state index contributed by atoms with van der Waals surface area (Å²) in [5.74, 6) is 0.452. The van der Waals surface area contributed by atoms with Gasteiger partial charge in [-0.15, -0.1) is 12.4 Å². The highest BCUT2D eigenvalue weighted by molar-refractivity contribution is 9.10. The van der Waals surface area contributed by atoms with Crippen LogP contribution in [-0.4, -0.2) is 37.4 Å². The average Bonchev–Trinajstić information content (AvgIpc) is 2.38. The van der Waals surface area contributed by atoms with Gasteiger partial charge in [0.2, 0.25) is 0 Å². The van der Waals surface area contributed by atoms with Crippen LogP contribution in [0.25, 0.3) is 0 Å². The second-order valence-corrected chi connectivity index (χ2v) is 4.85. The van der Waals surface area contributed by atoms with Crippen molar-refractivity contribution in [3.05, 3.63) is 22.2 Å². The van der Waals surface area contributed by atoms with Gasteiger partial charge in [0, 0.05) is 13.1 Å². The van der Waals surface area contributed by atoms with Crippen molar-refractivity contribution in [2.45, 2.75) is 13.5 Å². The first-order chi connectivity index (χ1) is 9.58. The van der Waals surface area contributed by atoms with E-state index in [2.05, 4.69) is 21.2 Å². The maximum atomic E-state index is 10.8. The lowest BCUT2D eigenvalue weighted by atomic mass is 10.2. The number of carbonyl (C=O) groups is 1. The molecule has 120 valence electrons. The molecule has 0 aliphatic rings. The van der Waals surface area contributed by atoms with E-state index in [-0.39, 0.29) is 25.6 Å². The Labute approximate surface area is 138 Å². The van der Waals surface area contributed by atoms with Gasteiger partial charge in [-0.2, -0.15) is 0 Å². The molecule has 0 saturated carbocycles. The molecule has 0 aliphatic heterocycles. The zero-order valence-corrected chi connectivity index (χ0v) is 14.1. The van der Waals surface area contributed by atoms with Gasteiger partial charge in [-0.3, -0.25) is 4.79 Å². The maximum absolute atomic E-state index is 10.8. The van der Waals surface area contributed by atoms with Crippen LogP contribution in [0.1, 0.15) is 12.5 Å². The number of nitrogens with two attached hydrogens (primary N) is 1. The van der Waals surface area contributed by atoms with Crippen molar-refractivity contribution in [3.8, 4) is 11.5 Å². The van der Waals surface area contributed by atoms with Gasteiger partial charge in [0.15, 0.2) is 18.1 Å². The van der Waals surface area contributed by atoms with E-state index in [0.717, 1.165) is 5.56 Å². The summed E-state index contributed by atoms with van der Waals surface area (Å²) in [6.07, 6.45) is 0. The zero-order valence-electron chi connectivity index (χ0n) is 11.7. The van der Waals surface area contributed by atoms with E-state index >= 15 is 0 Å². The molecule has 8 heteroatoms. The summed E-state index contributed by atoms with van der Waals surface area (Å²) in [6, 6.07) is 3.69. The monoisotopic (exact) mass is 382 g/mol. The van der Waals surface area contributed by atoms with Gasteiger partial charge >= 0.3 is 0 Å². The molecule has 1 aromatic carbocycles. The highest BCUT2D eigenvalue weighted by Crippen LogP contribution is 2.36. The van der Waals surface area contributed by atoms with Crippen LogP contribution in [0.15, 0.2) is 16.6 Å². The molecule has 6 nitrogen and oxygen atoms in total. The van der Waals surface area contributed by atoms with Crippen LogP contribution in [0.4, 0.5) is 0 Å². The van der Waals surface area contributed by atoms with Crippen LogP contribution in [0.5, 0.6) is 11.5 Å². The molecule has 1 aromatic rings. The van der Waals surface area contributed by atoms with E-state index in [4.69, 9.17) is 20.3 Å². The maximum Gasteiger partial charge on any atom is 0.255 e. The highest BCUT2D eigenvalue weighted by atomic mass is 79.9. The van der Waals surface area contributed by atoms with E-state index in [1.165, 1.54) is 0 Å². The third kappa shape index (κ3) is 6.99. The number of hydrogen-bond acceptors (Lipinski definition) is 5. The number of carbonyl (C=O) groups excluding carboxylic acids is 1. The first-order valence-electron chi connectivity index (χ1n) is 6.26. The largest absolute Gasteiger partial charge is 0.490 e. The first kappa shape index (κ1) is 20.0. The SMILES string of the molecule is CCOc1cc(CNCCO)cc(Br)c1OCC(N)=O.Cl. The minimum Gasteiger partial charge on any atom is -0.490 e. The van der Waals surface area contributed by atoms with Gasteiger partial charge in [-0.05, 0) is 40.5 Å². The molecule has 0 fully saturated rings. The van der Waals surface area contributed by atoms with Crippen molar-refractivity contribution < 1.29 is 19.4 Å². The molecule has 0 aliphatic carbocycles. The lowest BCUT2D eigenvalue weighted by Gasteiger charge is -2.15. The second kappa shape index (κ2) is 10.7. The van der Waals surface area contributed by atoms with E-state index in [1.54, 1.807) is 0 Å². The molecule has 0 spiro atoms. The molecule has 0 unspecified atom stereocenters. The number of ether oxygens (including phenoxy) is 2. The fourth-order valence-corrected chi connectivity index (χ4v) is 2.19.